The van der Waals surface area contributed by atoms with Crippen LogP contribution in [0.2, 0.25) is 0 Å². The first-order valence-corrected chi connectivity index (χ1v) is 11.7. The third-order valence-corrected chi connectivity index (χ3v) is 5.87. The molecule has 1 atom stereocenters. The molecule has 30 heavy (non-hydrogen) atoms. The number of hydrogen-bond donors (Lipinski definition) is 1. The molecule has 0 aliphatic carbocycles. The average molecular weight is 432 g/mol. The number of para-hydroxylation sites is 1. The number of nitrogens with one attached hydrogen (secondary N) is 1. The van der Waals surface area contributed by atoms with Gasteiger partial charge in [0.05, 0.1) is 11.9 Å². The first kappa shape index (κ1) is 23.4. The van der Waals surface area contributed by atoms with Gasteiger partial charge < -0.3 is 10.2 Å². The second-order valence-corrected chi connectivity index (χ2v) is 8.91. The standard InChI is InChI=1S/C22H29N3O4S/c1-4-23-22(27)18(2)24(16-15-19-11-7-5-8-12-19)21(26)17-25(30(3,28)29)20-13-9-6-10-14-20/h5-14,18H,4,15-17H2,1-3H3,(H,23,27). The van der Waals surface area contributed by atoms with Gasteiger partial charge in [0.1, 0.15) is 12.6 Å². The zero-order valence-corrected chi connectivity index (χ0v) is 18.4. The molecule has 0 heterocycles. The number of benzene rings is 2. The Labute approximate surface area is 178 Å². The summed E-state index contributed by atoms with van der Waals surface area (Å²) in [5.41, 5.74) is 1.43. The highest BCUT2D eigenvalue weighted by atomic mass is 32.2. The van der Waals surface area contributed by atoms with Crippen LogP contribution in [0, 0.1) is 0 Å². The molecular formula is C22H29N3O4S. The highest BCUT2D eigenvalue weighted by molar-refractivity contribution is 7.92. The van der Waals surface area contributed by atoms with E-state index in [1.165, 1.54) is 4.90 Å². The fourth-order valence-electron chi connectivity index (χ4n) is 3.10. The van der Waals surface area contributed by atoms with Crippen LogP contribution < -0.4 is 9.62 Å². The third kappa shape index (κ3) is 6.59. The predicted octanol–water partition coefficient (Wildman–Crippen LogP) is 2.05. The maximum Gasteiger partial charge on any atom is 0.244 e. The summed E-state index contributed by atoms with van der Waals surface area (Å²) in [6, 6.07) is 17.4. The van der Waals surface area contributed by atoms with Crippen molar-refractivity contribution in [2.75, 3.05) is 30.2 Å². The number of likely N-dealkylation sites (N-methyl/N-ethyl adjacent to an activating group) is 1. The Morgan fingerprint density at radius 2 is 1.57 bits per heavy atom. The molecule has 2 amide bonds. The minimum Gasteiger partial charge on any atom is -0.355 e. The maximum absolute atomic E-state index is 13.2. The Morgan fingerprint density at radius 3 is 2.10 bits per heavy atom. The van der Waals surface area contributed by atoms with Crippen molar-refractivity contribution in [3.8, 4) is 0 Å². The topological polar surface area (TPSA) is 86.8 Å². The molecule has 0 spiro atoms. The number of hydrogen-bond acceptors (Lipinski definition) is 4. The molecule has 162 valence electrons. The minimum atomic E-state index is -3.68. The lowest BCUT2D eigenvalue weighted by atomic mass is 10.1. The molecule has 0 aromatic heterocycles. The normalized spacial score (nSPS) is 12.1. The molecule has 0 aliphatic rings. The summed E-state index contributed by atoms with van der Waals surface area (Å²) in [6.45, 7) is 3.83. The number of amides is 2. The molecule has 2 aromatic rings. The van der Waals surface area contributed by atoms with Gasteiger partial charge in [0.15, 0.2) is 0 Å². The average Bonchev–Trinajstić information content (AvgIpc) is 2.72. The second kappa shape index (κ2) is 10.8. The number of sulfonamides is 1. The highest BCUT2D eigenvalue weighted by Gasteiger charge is 2.29. The first-order valence-electron chi connectivity index (χ1n) is 9.88. The van der Waals surface area contributed by atoms with E-state index in [-0.39, 0.29) is 12.5 Å². The Morgan fingerprint density at radius 1 is 1.00 bits per heavy atom. The first-order chi connectivity index (χ1) is 14.2. The number of carbonyl (C=O) groups excluding carboxylic acids is 2. The molecule has 2 aromatic carbocycles. The van der Waals surface area contributed by atoms with Gasteiger partial charge in [-0.25, -0.2) is 8.42 Å². The van der Waals surface area contributed by atoms with Crippen LogP contribution in [0.25, 0.3) is 0 Å². The van der Waals surface area contributed by atoms with Crippen molar-refractivity contribution in [1.29, 1.82) is 0 Å². The highest BCUT2D eigenvalue weighted by Crippen LogP contribution is 2.17. The van der Waals surface area contributed by atoms with Gasteiger partial charge in [-0.15, -0.1) is 0 Å². The largest absolute Gasteiger partial charge is 0.355 e. The fourth-order valence-corrected chi connectivity index (χ4v) is 3.95. The van der Waals surface area contributed by atoms with Crippen molar-refractivity contribution in [3.63, 3.8) is 0 Å². The van der Waals surface area contributed by atoms with Gasteiger partial charge in [0.25, 0.3) is 0 Å². The van der Waals surface area contributed by atoms with Crippen molar-refractivity contribution in [2.45, 2.75) is 26.3 Å². The Hall–Kier alpha value is -2.87. The SMILES string of the molecule is CCNC(=O)C(C)N(CCc1ccccc1)C(=O)CN(c1ccccc1)S(C)(=O)=O. The van der Waals surface area contributed by atoms with E-state index in [9.17, 15) is 18.0 Å². The van der Waals surface area contributed by atoms with E-state index < -0.39 is 22.0 Å². The molecule has 0 bridgehead atoms. The van der Waals surface area contributed by atoms with Crippen molar-refractivity contribution < 1.29 is 18.0 Å². The molecule has 2 rings (SSSR count). The molecule has 0 saturated carbocycles. The van der Waals surface area contributed by atoms with E-state index in [4.69, 9.17) is 0 Å². The van der Waals surface area contributed by atoms with E-state index in [0.717, 1.165) is 16.1 Å². The molecule has 0 aliphatic heterocycles. The quantitative estimate of drug-likeness (QED) is 0.624. The van der Waals surface area contributed by atoms with Crippen LogP contribution in [0.15, 0.2) is 60.7 Å². The summed E-state index contributed by atoms with van der Waals surface area (Å²) in [6.07, 6.45) is 1.62. The predicted molar refractivity (Wildman–Crippen MR) is 119 cm³/mol. The van der Waals surface area contributed by atoms with E-state index in [1.54, 1.807) is 37.3 Å². The Bertz CT molecular complexity index is 933. The van der Waals surface area contributed by atoms with Crippen molar-refractivity contribution in [1.82, 2.24) is 10.2 Å². The van der Waals surface area contributed by atoms with Gasteiger partial charge in [-0.05, 0) is 38.0 Å². The zero-order chi connectivity index (χ0) is 22.1. The maximum atomic E-state index is 13.2. The van der Waals surface area contributed by atoms with Gasteiger partial charge in [-0.3, -0.25) is 13.9 Å². The molecule has 1 unspecified atom stereocenters. The van der Waals surface area contributed by atoms with Crippen LogP contribution in [-0.4, -0.2) is 57.1 Å². The van der Waals surface area contributed by atoms with Crippen molar-refractivity contribution >= 4 is 27.5 Å². The molecule has 1 N–H and O–H groups in total. The monoisotopic (exact) mass is 431 g/mol. The molecule has 0 radical (unpaired) electrons. The van der Waals surface area contributed by atoms with E-state index in [0.29, 0.717) is 25.2 Å². The van der Waals surface area contributed by atoms with E-state index in [1.807, 2.05) is 37.3 Å². The van der Waals surface area contributed by atoms with E-state index >= 15 is 0 Å². The second-order valence-electron chi connectivity index (χ2n) is 7.00. The number of carbonyl (C=O) groups is 2. The van der Waals surface area contributed by atoms with Gasteiger partial charge in [-0.2, -0.15) is 0 Å². The summed E-state index contributed by atoms with van der Waals surface area (Å²) in [5, 5.41) is 2.73. The van der Waals surface area contributed by atoms with Crippen LogP contribution in [0.3, 0.4) is 0 Å². The zero-order valence-electron chi connectivity index (χ0n) is 17.6. The number of rotatable bonds is 10. The Kier molecular flexibility index (Phi) is 8.41. The van der Waals surface area contributed by atoms with Gasteiger partial charge in [-0.1, -0.05) is 48.5 Å². The fraction of sp³-hybridized carbons (Fsp3) is 0.364. The smallest absolute Gasteiger partial charge is 0.244 e. The summed E-state index contributed by atoms with van der Waals surface area (Å²) >= 11 is 0. The molecule has 0 saturated heterocycles. The van der Waals surface area contributed by atoms with Crippen LogP contribution in [0.5, 0.6) is 0 Å². The van der Waals surface area contributed by atoms with Crippen LogP contribution in [-0.2, 0) is 26.0 Å². The molecule has 8 heteroatoms. The third-order valence-electron chi connectivity index (χ3n) is 4.73. The summed E-state index contributed by atoms with van der Waals surface area (Å²) < 4.78 is 25.8. The number of nitrogens with zero attached hydrogens (tertiary/aromatic N) is 2. The minimum absolute atomic E-state index is 0.274. The van der Waals surface area contributed by atoms with Gasteiger partial charge >= 0.3 is 0 Å². The summed E-state index contributed by atoms with van der Waals surface area (Å²) in [4.78, 5) is 27.0. The van der Waals surface area contributed by atoms with E-state index in [2.05, 4.69) is 5.32 Å². The number of anilines is 1. The molecule has 0 fully saturated rings. The lowest BCUT2D eigenvalue weighted by molar-refractivity contribution is -0.138. The summed E-state index contributed by atoms with van der Waals surface area (Å²) in [7, 11) is -3.68. The van der Waals surface area contributed by atoms with Crippen LogP contribution in [0.1, 0.15) is 19.4 Å². The van der Waals surface area contributed by atoms with Crippen LogP contribution in [0.4, 0.5) is 5.69 Å². The van der Waals surface area contributed by atoms with Gasteiger partial charge in [0.2, 0.25) is 21.8 Å². The van der Waals surface area contributed by atoms with Gasteiger partial charge in [0, 0.05) is 13.1 Å². The van der Waals surface area contributed by atoms with Crippen molar-refractivity contribution in [2.24, 2.45) is 0 Å². The van der Waals surface area contributed by atoms with Crippen molar-refractivity contribution in [3.05, 3.63) is 66.2 Å². The molecule has 7 nitrogen and oxygen atoms in total. The lowest BCUT2D eigenvalue weighted by Crippen LogP contribution is -2.52. The van der Waals surface area contributed by atoms with Crippen LogP contribution >= 0.6 is 0 Å². The Balaban J connectivity index is 2.26. The lowest BCUT2D eigenvalue weighted by Gasteiger charge is -2.31. The summed E-state index contributed by atoms with van der Waals surface area (Å²) in [5.74, 6) is -0.705. The molecular weight excluding hydrogens is 402 g/mol.